The van der Waals surface area contributed by atoms with E-state index < -0.39 is 0 Å². The van der Waals surface area contributed by atoms with Gasteiger partial charge in [-0.15, -0.1) is 0 Å². The van der Waals surface area contributed by atoms with Gasteiger partial charge < -0.3 is 10.5 Å². The summed E-state index contributed by atoms with van der Waals surface area (Å²) in [5, 5.41) is 0.818. The third-order valence-corrected chi connectivity index (χ3v) is 4.44. The van der Waals surface area contributed by atoms with Crippen LogP contribution in [-0.4, -0.2) is 12.7 Å². The van der Waals surface area contributed by atoms with Gasteiger partial charge in [-0.05, 0) is 49.4 Å². The van der Waals surface area contributed by atoms with Gasteiger partial charge in [-0.3, -0.25) is 0 Å². The highest BCUT2D eigenvalue weighted by molar-refractivity contribution is 6.31. The van der Waals surface area contributed by atoms with Gasteiger partial charge in [0.05, 0.1) is 6.10 Å². The molecular formula is C15H22ClNO. The van der Waals surface area contributed by atoms with Gasteiger partial charge >= 0.3 is 0 Å². The molecule has 100 valence electrons. The first-order valence-electron chi connectivity index (χ1n) is 6.68. The number of aryl methyl sites for hydroxylation is 2. The van der Waals surface area contributed by atoms with Crippen LogP contribution in [0.2, 0.25) is 5.02 Å². The molecule has 2 N–H and O–H groups in total. The second kappa shape index (κ2) is 5.60. The molecule has 18 heavy (non-hydrogen) atoms. The number of nitrogens with two attached hydrogens (primary N) is 1. The quantitative estimate of drug-likeness (QED) is 0.905. The number of benzene rings is 1. The van der Waals surface area contributed by atoms with Crippen LogP contribution in [0.4, 0.5) is 0 Å². The lowest BCUT2D eigenvalue weighted by Crippen LogP contribution is -2.28. The maximum absolute atomic E-state index is 6.46. The van der Waals surface area contributed by atoms with E-state index in [1.165, 1.54) is 11.1 Å². The highest BCUT2D eigenvalue weighted by atomic mass is 35.5. The third kappa shape index (κ3) is 2.56. The fourth-order valence-corrected chi connectivity index (χ4v) is 3.11. The Labute approximate surface area is 114 Å². The van der Waals surface area contributed by atoms with Crippen molar-refractivity contribution in [2.24, 2.45) is 11.7 Å². The SMILES string of the molecule is CCC1OCCC1C(N)c1cc(C)c(Cl)cc1C. The van der Waals surface area contributed by atoms with E-state index in [0.717, 1.165) is 30.0 Å². The molecule has 1 aromatic carbocycles. The Balaban J connectivity index is 2.28. The van der Waals surface area contributed by atoms with E-state index in [4.69, 9.17) is 22.1 Å². The van der Waals surface area contributed by atoms with Gasteiger partial charge in [-0.2, -0.15) is 0 Å². The van der Waals surface area contributed by atoms with Crippen LogP contribution < -0.4 is 5.73 Å². The number of ether oxygens (including phenoxy) is 1. The first-order valence-corrected chi connectivity index (χ1v) is 7.06. The Morgan fingerprint density at radius 1 is 1.39 bits per heavy atom. The second-order valence-electron chi connectivity index (χ2n) is 5.25. The van der Waals surface area contributed by atoms with Crippen LogP contribution in [0.25, 0.3) is 0 Å². The predicted molar refractivity (Wildman–Crippen MR) is 76.0 cm³/mol. The molecule has 3 unspecified atom stereocenters. The maximum Gasteiger partial charge on any atom is 0.0619 e. The van der Waals surface area contributed by atoms with Gasteiger partial charge in [0.25, 0.3) is 0 Å². The summed E-state index contributed by atoms with van der Waals surface area (Å²) >= 11 is 6.14. The lowest BCUT2D eigenvalue weighted by Gasteiger charge is -2.26. The molecule has 2 rings (SSSR count). The van der Waals surface area contributed by atoms with Crippen molar-refractivity contribution in [3.8, 4) is 0 Å². The maximum atomic E-state index is 6.46. The van der Waals surface area contributed by atoms with Crippen LogP contribution in [0.3, 0.4) is 0 Å². The van der Waals surface area contributed by atoms with Gasteiger partial charge in [-0.25, -0.2) is 0 Å². The molecule has 0 saturated carbocycles. The van der Waals surface area contributed by atoms with Gasteiger partial charge in [0.2, 0.25) is 0 Å². The standard InChI is InChI=1S/C15H22ClNO/c1-4-14-11(5-6-18-14)15(17)12-7-10(3)13(16)8-9(12)2/h7-8,11,14-15H,4-6,17H2,1-3H3. The number of hydrogen-bond donors (Lipinski definition) is 1. The lowest BCUT2D eigenvalue weighted by molar-refractivity contribution is 0.0813. The number of rotatable bonds is 3. The second-order valence-corrected chi connectivity index (χ2v) is 5.66. The predicted octanol–water partition coefficient (Wildman–Crippen LogP) is 3.77. The zero-order valence-corrected chi connectivity index (χ0v) is 12.1. The van der Waals surface area contributed by atoms with Crippen molar-refractivity contribution in [3.63, 3.8) is 0 Å². The van der Waals surface area contributed by atoms with Crippen LogP contribution in [0.5, 0.6) is 0 Å². The molecule has 1 heterocycles. The summed E-state index contributed by atoms with van der Waals surface area (Å²) < 4.78 is 5.75. The summed E-state index contributed by atoms with van der Waals surface area (Å²) in [4.78, 5) is 0. The normalized spacial score (nSPS) is 25.4. The minimum atomic E-state index is 0.0495. The third-order valence-electron chi connectivity index (χ3n) is 4.03. The van der Waals surface area contributed by atoms with Crippen molar-refractivity contribution in [1.82, 2.24) is 0 Å². The van der Waals surface area contributed by atoms with Crippen molar-refractivity contribution >= 4 is 11.6 Å². The summed E-state index contributed by atoms with van der Waals surface area (Å²) in [5.74, 6) is 0.425. The van der Waals surface area contributed by atoms with Crippen molar-refractivity contribution in [2.75, 3.05) is 6.61 Å². The van der Waals surface area contributed by atoms with Crippen LogP contribution >= 0.6 is 11.6 Å². The van der Waals surface area contributed by atoms with Crippen LogP contribution in [0, 0.1) is 19.8 Å². The molecule has 1 aliphatic heterocycles. The molecule has 3 atom stereocenters. The van der Waals surface area contributed by atoms with Crippen LogP contribution in [0.1, 0.15) is 42.5 Å². The van der Waals surface area contributed by atoms with Crippen molar-refractivity contribution in [1.29, 1.82) is 0 Å². The van der Waals surface area contributed by atoms with E-state index in [0.29, 0.717) is 12.0 Å². The summed E-state index contributed by atoms with van der Waals surface area (Å²) in [6.07, 6.45) is 2.39. The van der Waals surface area contributed by atoms with Gasteiger partial charge in [0.15, 0.2) is 0 Å². The Kier molecular flexibility index (Phi) is 4.31. The fraction of sp³-hybridized carbons (Fsp3) is 0.600. The smallest absolute Gasteiger partial charge is 0.0619 e. The topological polar surface area (TPSA) is 35.2 Å². The zero-order chi connectivity index (χ0) is 13.3. The highest BCUT2D eigenvalue weighted by Gasteiger charge is 2.33. The minimum absolute atomic E-state index is 0.0495. The van der Waals surface area contributed by atoms with E-state index in [9.17, 15) is 0 Å². The Morgan fingerprint density at radius 3 is 2.78 bits per heavy atom. The van der Waals surface area contributed by atoms with Gasteiger partial charge in [-0.1, -0.05) is 24.6 Å². The molecule has 0 aromatic heterocycles. The first kappa shape index (κ1) is 13.9. The lowest BCUT2D eigenvalue weighted by atomic mass is 9.85. The average molecular weight is 268 g/mol. The molecule has 1 aromatic rings. The van der Waals surface area contributed by atoms with E-state index in [2.05, 4.69) is 19.9 Å². The Morgan fingerprint density at radius 2 is 2.11 bits per heavy atom. The molecule has 0 amide bonds. The van der Waals surface area contributed by atoms with Crippen LogP contribution in [-0.2, 0) is 4.74 Å². The van der Waals surface area contributed by atoms with Crippen LogP contribution in [0.15, 0.2) is 12.1 Å². The number of halogens is 1. The van der Waals surface area contributed by atoms with Crippen molar-refractivity contribution in [3.05, 3.63) is 33.8 Å². The molecule has 2 nitrogen and oxygen atoms in total. The summed E-state index contributed by atoms with van der Waals surface area (Å²) in [6.45, 7) is 7.11. The molecule has 1 fully saturated rings. The van der Waals surface area contributed by atoms with E-state index >= 15 is 0 Å². The Hall–Kier alpha value is -0.570. The monoisotopic (exact) mass is 267 g/mol. The molecule has 1 aliphatic rings. The molecule has 0 bridgehead atoms. The summed E-state index contributed by atoms with van der Waals surface area (Å²) in [5.41, 5.74) is 9.95. The first-order chi connectivity index (χ1) is 8.54. The molecule has 0 radical (unpaired) electrons. The van der Waals surface area contributed by atoms with Gasteiger partial charge in [0.1, 0.15) is 0 Å². The molecular weight excluding hydrogens is 246 g/mol. The zero-order valence-electron chi connectivity index (χ0n) is 11.4. The van der Waals surface area contributed by atoms with E-state index in [1.807, 2.05) is 13.0 Å². The molecule has 0 aliphatic carbocycles. The minimum Gasteiger partial charge on any atom is -0.378 e. The summed E-state index contributed by atoms with van der Waals surface area (Å²) in [6, 6.07) is 4.20. The highest BCUT2D eigenvalue weighted by Crippen LogP contribution is 2.35. The fourth-order valence-electron chi connectivity index (χ4n) is 2.89. The van der Waals surface area contributed by atoms with E-state index in [-0.39, 0.29) is 6.04 Å². The van der Waals surface area contributed by atoms with Gasteiger partial charge in [0, 0.05) is 23.6 Å². The number of hydrogen-bond acceptors (Lipinski definition) is 2. The average Bonchev–Trinajstić information content (AvgIpc) is 2.81. The molecule has 1 saturated heterocycles. The van der Waals surface area contributed by atoms with Crippen molar-refractivity contribution < 1.29 is 4.74 Å². The van der Waals surface area contributed by atoms with E-state index in [1.54, 1.807) is 0 Å². The molecule has 3 heteroatoms. The van der Waals surface area contributed by atoms with Crippen molar-refractivity contribution in [2.45, 2.75) is 45.8 Å². The largest absolute Gasteiger partial charge is 0.378 e. The Bertz CT molecular complexity index is 433. The summed E-state index contributed by atoms with van der Waals surface area (Å²) in [7, 11) is 0. The molecule has 0 spiro atoms.